The molecule has 234 valence electrons. The largest absolute Gasteiger partial charge is 0.496 e. The van der Waals surface area contributed by atoms with Crippen LogP contribution in [0.1, 0.15) is 22.5 Å². The Morgan fingerprint density at radius 3 is 2.50 bits per heavy atom. The number of rotatable bonds is 10. The molecule has 4 aromatic rings. The molecule has 3 aromatic heterocycles. The maximum atomic E-state index is 14.2. The minimum Gasteiger partial charge on any atom is -0.496 e. The van der Waals surface area contributed by atoms with E-state index in [0.29, 0.717) is 38.9 Å². The highest BCUT2D eigenvalue weighted by Crippen LogP contribution is 2.47. The second kappa shape index (κ2) is 11.0. The Labute approximate surface area is 253 Å². The molecule has 6 N–H and O–H groups in total. The summed E-state index contributed by atoms with van der Waals surface area (Å²) in [5, 5.41) is 66.9. The highest BCUT2D eigenvalue weighted by atomic mass is 32.1. The maximum absolute atomic E-state index is 14.2. The van der Waals surface area contributed by atoms with E-state index in [9.17, 15) is 20.1 Å². The van der Waals surface area contributed by atoms with Crippen molar-refractivity contribution in [3.8, 4) is 39.6 Å². The molecule has 6 rings (SSSR count). The number of methoxy groups -OCH3 is 1. The molecular weight excluding hydrogens is 600 g/mol. The number of aryl methyl sites for hydroxylation is 1. The van der Waals surface area contributed by atoms with Crippen LogP contribution in [0.25, 0.3) is 28.1 Å². The van der Waals surface area contributed by atoms with Crippen LogP contribution in [0.2, 0.25) is 0 Å². The number of hydrogen-bond acceptors (Lipinski definition) is 13. The summed E-state index contributed by atoms with van der Waals surface area (Å²) in [6.45, 7) is -1.23. The first-order valence-electron chi connectivity index (χ1n) is 13.3. The number of thiophene rings is 1. The van der Waals surface area contributed by atoms with Crippen LogP contribution in [0.15, 0.2) is 47.4 Å². The molecule has 1 aromatic carbocycles. The summed E-state index contributed by atoms with van der Waals surface area (Å²) >= 11 is 1.41. The molecule has 16 heteroatoms. The van der Waals surface area contributed by atoms with Crippen LogP contribution in [0.4, 0.5) is 0 Å². The maximum Gasteiger partial charge on any atom is 0.404 e. The van der Waals surface area contributed by atoms with Crippen LogP contribution in [0, 0.1) is 0 Å². The smallest absolute Gasteiger partial charge is 0.404 e. The molecule has 2 aliphatic rings. The van der Waals surface area contributed by atoms with Crippen molar-refractivity contribution in [2.24, 2.45) is 7.05 Å². The van der Waals surface area contributed by atoms with E-state index >= 15 is 0 Å². The molecule has 0 radical (unpaired) electrons. The lowest BCUT2D eigenvalue weighted by Gasteiger charge is -2.51. The van der Waals surface area contributed by atoms with Gasteiger partial charge >= 0.3 is 12.3 Å². The second-order valence-corrected chi connectivity index (χ2v) is 11.4. The number of carbonyl (C=O) groups is 1. The summed E-state index contributed by atoms with van der Waals surface area (Å²) < 4.78 is 25.0. The number of hydrogen-bond donors (Lipinski definition) is 6. The fourth-order valence-corrected chi connectivity index (χ4v) is 6.16. The predicted octanol–water partition coefficient (Wildman–Crippen LogP) is 0.302. The van der Waals surface area contributed by atoms with E-state index in [1.807, 2.05) is 46.9 Å². The first kappa shape index (κ1) is 30.2. The van der Waals surface area contributed by atoms with Crippen molar-refractivity contribution in [2.75, 3.05) is 26.9 Å². The van der Waals surface area contributed by atoms with E-state index in [0.717, 1.165) is 11.1 Å². The van der Waals surface area contributed by atoms with E-state index in [-0.39, 0.29) is 31.9 Å². The van der Waals surface area contributed by atoms with Crippen LogP contribution in [-0.2, 0) is 23.1 Å². The molecule has 1 amide bonds. The highest BCUT2D eigenvalue weighted by molar-refractivity contribution is 7.08. The van der Waals surface area contributed by atoms with E-state index in [2.05, 4.69) is 9.84 Å². The van der Waals surface area contributed by atoms with Gasteiger partial charge in [-0.15, -0.1) is 0 Å². The fourth-order valence-electron chi connectivity index (χ4n) is 5.55. The van der Waals surface area contributed by atoms with Crippen molar-refractivity contribution >= 4 is 17.2 Å². The number of nitrogens with zero attached hydrogens (tertiary/aromatic N) is 4. The molecular formula is C28H30N4O11S. The quantitative estimate of drug-likeness (QED) is 0.131. The van der Waals surface area contributed by atoms with E-state index in [4.69, 9.17) is 29.5 Å². The van der Waals surface area contributed by atoms with Gasteiger partial charge in [0, 0.05) is 53.1 Å². The molecule has 0 atom stereocenters. The first-order chi connectivity index (χ1) is 20.8. The van der Waals surface area contributed by atoms with Crippen LogP contribution in [-0.4, -0.2) is 101 Å². The molecule has 0 saturated carbocycles. The average molecular weight is 631 g/mol. The van der Waals surface area contributed by atoms with Gasteiger partial charge in [0.15, 0.2) is 5.69 Å². The summed E-state index contributed by atoms with van der Waals surface area (Å²) in [6, 6.07) is 7.36. The van der Waals surface area contributed by atoms with Crippen molar-refractivity contribution in [2.45, 2.75) is 30.8 Å². The molecule has 0 aliphatic carbocycles. The topological polar surface area (TPSA) is 201 Å². The highest BCUT2D eigenvalue weighted by Gasteiger charge is 2.55. The fraction of sp³-hybridized carbons (Fsp3) is 0.357. The molecule has 0 bridgehead atoms. The second-order valence-electron chi connectivity index (χ2n) is 10.6. The van der Waals surface area contributed by atoms with Gasteiger partial charge in [-0.3, -0.25) is 9.69 Å². The minimum absolute atomic E-state index is 0.126. The molecule has 1 saturated heterocycles. The van der Waals surface area contributed by atoms with Crippen molar-refractivity contribution in [1.82, 2.24) is 19.2 Å². The lowest BCUT2D eigenvalue weighted by Crippen LogP contribution is -2.71. The Bertz CT molecular complexity index is 1680. The van der Waals surface area contributed by atoms with Crippen molar-refractivity contribution in [3.63, 3.8) is 0 Å². The minimum atomic E-state index is -3.68. The van der Waals surface area contributed by atoms with Gasteiger partial charge in [-0.1, -0.05) is 0 Å². The van der Waals surface area contributed by atoms with Gasteiger partial charge in [0.1, 0.15) is 18.1 Å². The third kappa shape index (κ3) is 5.36. The summed E-state index contributed by atoms with van der Waals surface area (Å²) in [5.74, 6) is -0.0263. The Balaban J connectivity index is 1.49. The van der Waals surface area contributed by atoms with Gasteiger partial charge in [-0.25, -0.2) is 4.68 Å². The van der Waals surface area contributed by atoms with Crippen LogP contribution in [0.3, 0.4) is 0 Å². The molecule has 5 heterocycles. The number of carbonyl (C=O) groups excluding carboxylic acids is 1. The number of aromatic nitrogens is 3. The average Bonchev–Trinajstić information content (AvgIpc) is 3.69. The Kier molecular flexibility index (Phi) is 7.52. The molecule has 2 aliphatic heterocycles. The van der Waals surface area contributed by atoms with Crippen molar-refractivity contribution in [1.29, 1.82) is 0 Å². The summed E-state index contributed by atoms with van der Waals surface area (Å²) in [5.41, 5.74) is 1.88. The number of benzene rings is 1. The van der Waals surface area contributed by atoms with Gasteiger partial charge < -0.3 is 54.2 Å². The third-order valence-electron chi connectivity index (χ3n) is 7.59. The zero-order valence-electron chi connectivity index (χ0n) is 23.6. The lowest BCUT2D eigenvalue weighted by molar-refractivity contribution is -0.457. The molecule has 44 heavy (non-hydrogen) atoms. The zero-order valence-corrected chi connectivity index (χ0v) is 24.4. The van der Waals surface area contributed by atoms with Gasteiger partial charge in [0.2, 0.25) is 0 Å². The van der Waals surface area contributed by atoms with Gasteiger partial charge in [-0.05, 0) is 30.0 Å². The van der Waals surface area contributed by atoms with E-state index < -0.39 is 30.3 Å². The normalized spacial score (nSPS) is 15.6. The monoisotopic (exact) mass is 630 g/mol. The van der Waals surface area contributed by atoms with E-state index in [1.54, 1.807) is 23.9 Å². The van der Waals surface area contributed by atoms with Crippen molar-refractivity contribution < 1.29 is 54.4 Å². The Morgan fingerprint density at radius 2 is 1.93 bits per heavy atom. The van der Waals surface area contributed by atoms with Gasteiger partial charge in [0.25, 0.3) is 5.91 Å². The lowest BCUT2D eigenvalue weighted by atomic mass is 9.90. The van der Waals surface area contributed by atoms with Gasteiger partial charge in [0.05, 0.1) is 43.9 Å². The number of aliphatic hydroxyl groups is 6. The molecule has 15 nitrogen and oxygen atoms in total. The van der Waals surface area contributed by atoms with Gasteiger partial charge in [-0.2, -0.15) is 16.4 Å². The molecule has 0 unspecified atom stereocenters. The Hall–Kier alpha value is -3.84. The third-order valence-corrected chi connectivity index (χ3v) is 8.26. The van der Waals surface area contributed by atoms with Crippen LogP contribution < -0.4 is 9.47 Å². The van der Waals surface area contributed by atoms with Crippen LogP contribution >= 0.6 is 11.3 Å². The predicted molar refractivity (Wildman–Crippen MR) is 151 cm³/mol. The van der Waals surface area contributed by atoms with E-state index in [1.165, 1.54) is 11.3 Å². The first-order valence-corrected chi connectivity index (χ1v) is 14.3. The standard InChI is InChI=1S/C28H30N4O11S/c1-30-6-3-16(11-30)18-9-19-22(10-21(18)40-2)42-12-20-23(29-31(24(19)20)17-4-8-44-13-17)25(33)32(27(34,35)36)26(14-41-15-26)5-7-43-28(37,38)39/h3-4,6,8-11,13,34-39H,5,7,12,14-15H2,1-2H3. The number of ether oxygens (including phenoxy) is 4. The molecule has 1 fully saturated rings. The number of amides is 1. The molecule has 0 spiro atoms. The van der Waals surface area contributed by atoms with Crippen LogP contribution in [0.5, 0.6) is 11.5 Å². The summed E-state index contributed by atoms with van der Waals surface area (Å²) in [7, 11) is 3.45. The SMILES string of the molecule is COc1cc2c(cc1-c1ccn(C)c1)-c1c(c(C(=O)N(C(O)(O)O)C3(CCOC(O)(O)O)COC3)nn1-c1ccsc1)CO2. The Morgan fingerprint density at radius 1 is 1.16 bits per heavy atom. The van der Waals surface area contributed by atoms with Crippen molar-refractivity contribution in [3.05, 3.63) is 58.7 Å². The summed E-state index contributed by atoms with van der Waals surface area (Å²) in [6.07, 6.45) is -3.61. The number of fused-ring (bicyclic) bond motifs is 3. The zero-order chi connectivity index (χ0) is 31.4. The summed E-state index contributed by atoms with van der Waals surface area (Å²) in [4.78, 5) is 14.6.